The Hall–Kier alpha value is -3.83. The topological polar surface area (TPSA) is 80.6 Å². The van der Waals surface area contributed by atoms with Gasteiger partial charge < -0.3 is 19.5 Å². The fourth-order valence-corrected chi connectivity index (χ4v) is 3.61. The predicted molar refractivity (Wildman–Crippen MR) is 130 cm³/mol. The first kappa shape index (κ1) is 24.8. The van der Waals surface area contributed by atoms with E-state index in [2.05, 4.69) is 21.2 Å². The highest BCUT2D eigenvalue weighted by molar-refractivity contribution is 9.10. The minimum atomic E-state index is -0.495. The first-order valence-corrected chi connectivity index (χ1v) is 11.0. The van der Waals surface area contributed by atoms with Gasteiger partial charge in [-0.2, -0.15) is 5.26 Å². The Labute approximate surface area is 205 Å². The Morgan fingerprint density at radius 2 is 1.74 bits per heavy atom. The molecule has 0 aliphatic rings. The molecule has 0 unspecified atom stereocenters. The fourth-order valence-electron chi connectivity index (χ4n) is 3.04. The molecule has 34 heavy (non-hydrogen) atoms. The van der Waals surface area contributed by atoms with E-state index < -0.39 is 5.91 Å². The van der Waals surface area contributed by atoms with Gasteiger partial charge in [-0.25, -0.2) is 4.39 Å². The van der Waals surface area contributed by atoms with Crippen LogP contribution in [0.2, 0.25) is 0 Å². The number of nitrogens with one attached hydrogen (secondary N) is 1. The van der Waals surface area contributed by atoms with Crippen LogP contribution in [0.1, 0.15) is 16.7 Å². The molecule has 0 aliphatic heterocycles. The van der Waals surface area contributed by atoms with Crippen LogP contribution in [0.25, 0.3) is 6.08 Å². The lowest BCUT2D eigenvalue weighted by Crippen LogP contribution is -2.23. The molecular formula is C26H22BrFN2O4. The van der Waals surface area contributed by atoms with E-state index in [0.717, 1.165) is 16.9 Å². The smallest absolute Gasteiger partial charge is 0.262 e. The van der Waals surface area contributed by atoms with E-state index >= 15 is 0 Å². The Morgan fingerprint density at radius 1 is 1.06 bits per heavy atom. The number of nitrogens with zero attached hydrogens (tertiary/aromatic N) is 1. The lowest BCUT2D eigenvalue weighted by molar-refractivity contribution is -0.117. The third kappa shape index (κ3) is 6.59. The lowest BCUT2D eigenvalue weighted by Gasteiger charge is -2.14. The number of benzene rings is 3. The van der Waals surface area contributed by atoms with Crippen molar-refractivity contribution in [1.29, 1.82) is 5.26 Å². The summed E-state index contributed by atoms with van der Waals surface area (Å²) in [6, 6.07) is 18.6. The average Bonchev–Trinajstić information content (AvgIpc) is 2.86. The van der Waals surface area contributed by atoms with E-state index in [-0.39, 0.29) is 24.5 Å². The molecule has 1 N–H and O–H groups in total. The van der Waals surface area contributed by atoms with Crippen LogP contribution in [0.3, 0.4) is 0 Å². The molecule has 0 atom stereocenters. The Bertz CT molecular complexity index is 1220. The molecule has 3 rings (SSSR count). The number of hydrogen-bond acceptors (Lipinski definition) is 5. The summed E-state index contributed by atoms with van der Waals surface area (Å²) >= 11 is 3.46. The Balaban J connectivity index is 1.72. The van der Waals surface area contributed by atoms with Gasteiger partial charge in [0.15, 0.2) is 11.5 Å². The summed E-state index contributed by atoms with van der Waals surface area (Å²) in [5.41, 5.74) is 2.19. The highest BCUT2D eigenvalue weighted by Gasteiger charge is 2.14. The zero-order chi connectivity index (χ0) is 24.5. The van der Waals surface area contributed by atoms with Gasteiger partial charge in [0, 0.05) is 6.54 Å². The fraction of sp³-hybridized carbons (Fsp3) is 0.154. The van der Waals surface area contributed by atoms with E-state index in [0.29, 0.717) is 21.5 Å². The van der Waals surface area contributed by atoms with Gasteiger partial charge in [0.25, 0.3) is 5.91 Å². The van der Waals surface area contributed by atoms with Gasteiger partial charge in [0.1, 0.15) is 29.8 Å². The molecule has 174 valence electrons. The Kier molecular flexibility index (Phi) is 8.66. The number of carbonyl (C=O) groups is 1. The minimum Gasteiger partial charge on any atom is -0.497 e. The van der Waals surface area contributed by atoms with Crippen molar-refractivity contribution in [1.82, 2.24) is 5.32 Å². The van der Waals surface area contributed by atoms with Crippen molar-refractivity contribution in [2.45, 2.75) is 13.2 Å². The standard InChI is InChI=1S/C26H22BrFN2O4/c1-32-22-9-5-17(6-10-22)15-30-26(31)20(14-29)11-19-12-23(27)25(24(13-19)33-2)34-16-18-3-7-21(28)8-4-18/h3-13H,15-16H2,1-2H3,(H,30,31)/b20-11-. The molecule has 0 aromatic heterocycles. The molecule has 0 bridgehead atoms. The molecule has 0 saturated heterocycles. The summed E-state index contributed by atoms with van der Waals surface area (Å²) in [5.74, 6) is 0.771. The van der Waals surface area contributed by atoms with E-state index in [4.69, 9.17) is 14.2 Å². The largest absolute Gasteiger partial charge is 0.497 e. The number of methoxy groups -OCH3 is 2. The van der Waals surface area contributed by atoms with Crippen molar-refractivity contribution in [2.75, 3.05) is 14.2 Å². The molecule has 8 heteroatoms. The molecular weight excluding hydrogens is 503 g/mol. The van der Waals surface area contributed by atoms with Gasteiger partial charge in [-0.3, -0.25) is 4.79 Å². The van der Waals surface area contributed by atoms with Crippen molar-refractivity contribution in [2.24, 2.45) is 0 Å². The molecule has 0 heterocycles. The number of halogens is 2. The quantitative estimate of drug-likeness (QED) is 0.299. The van der Waals surface area contributed by atoms with Crippen LogP contribution in [0.15, 0.2) is 70.7 Å². The summed E-state index contributed by atoms with van der Waals surface area (Å²) < 4.78 is 30.1. The maximum atomic E-state index is 13.1. The van der Waals surface area contributed by atoms with Gasteiger partial charge >= 0.3 is 0 Å². The second-order valence-electron chi connectivity index (χ2n) is 7.15. The van der Waals surface area contributed by atoms with Crippen LogP contribution in [0, 0.1) is 17.1 Å². The van der Waals surface area contributed by atoms with Crippen molar-refractivity contribution < 1.29 is 23.4 Å². The van der Waals surface area contributed by atoms with Crippen LogP contribution < -0.4 is 19.5 Å². The number of nitriles is 1. The summed E-state index contributed by atoms with van der Waals surface area (Å²) in [5, 5.41) is 12.3. The SMILES string of the molecule is COc1ccc(CNC(=O)/C(C#N)=C\c2cc(Br)c(OCc3ccc(F)cc3)c(OC)c2)cc1. The molecule has 0 radical (unpaired) electrons. The maximum absolute atomic E-state index is 13.1. The number of carbonyl (C=O) groups excluding carboxylic acids is 1. The number of hydrogen-bond donors (Lipinski definition) is 1. The first-order valence-electron chi connectivity index (χ1n) is 10.2. The van der Waals surface area contributed by atoms with Crippen LogP contribution in [0.4, 0.5) is 4.39 Å². The van der Waals surface area contributed by atoms with Gasteiger partial charge in [-0.15, -0.1) is 0 Å². The molecule has 3 aromatic rings. The molecule has 0 aliphatic carbocycles. The molecule has 0 saturated carbocycles. The van der Waals surface area contributed by atoms with Gasteiger partial charge in [0.05, 0.1) is 18.7 Å². The van der Waals surface area contributed by atoms with Crippen molar-refractivity contribution in [3.63, 3.8) is 0 Å². The molecule has 0 spiro atoms. The summed E-state index contributed by atoms with van der Waals surface area (Å²) in [6.07, 6.45) is 1.47. The normalized spacial score (nSPS) is 10.9. The van der Waals surface area contributed by atoms with Crippen molar-refractivity contribution in [3.8, 4) is 23.3 Å². The Morgan fingerprint density at radius 3 is 2.35 bits per heavy atom. The number of ether oxygens (including phenoxy) is 3. The van der Waals surface area contributed by atoms with Crippen LogP contribution in [-0.2, 0) is 17.9 Å². The van der Waals surface area contributed by atoms with E-state index in [1.54, 1.807) is 43.5 Å². The second kappa shape index (κ2) is 11.9. The summed E-state index contributed by atoms with van der Waals surface area (Å²) in [6.45, 7) is 0.479. The predicted octanol–water partition coefficient (Wildman–Crippen LogP) is 5.41. The van der Waals surface area contributed by atoms with Gasteiger partial charge in [-0.1, -0.05) is 24.3 Å². The van der Waals surface area contributed by atoms with Crippen LogP contribution in [-0.4, -0.2) is 20.1 Å². The molecule has 6 nitrogen and oxygen atoms in total. The average molecular weight is 525 g/mol. The van der Waals surface area contributed by atoms with Crippen molar-refractivity contribution >= 4 is 27.9 Å². The second-order valence-corrected chi connectivity index (χ2v) is 8.00. The van der Waals surface area contributed by atoms with Crippen LogP contribution >= 0.6 is 15.9 Å². The summed E-state index contributed by atoms with van der Waals surface area (Å²) in [4.78, 5) is 12.5. The zero-order valence-electron chi connectivity index (χ0n) is 18.6. The monoisotopic (exact) mass is 524 g/mol. The van der Waals surface area contributed by atoms with E-state index in [1.165, 1.54) is 25.3 Å². The highest BCUT2D eigenvalue weighted by atomic mass is 79.9. The van der Waals surface area contributed by atoms with Crippen LogP contribution in [0.5, 0.6) is 17.2 Å². The number of rotatable bonds is 9. The van der Waals surface area contributed by atoms with Gasteiger partial charge in [0.2, 0.25) is 0 Å². The maximum Gasteiger partial charge on any atom is 0.262 e. The molecule has 3 aromatic carbocycles. The van der Waals surface area contributed by atoms with Crippen molar-refractivity contribution in [3.05, 3.63) is 93.2 Å². The van der Waals surface area contributed by atoms with Gasteiger partial charge in [-0.05, 0) is 75.1 Å². The first-order chi connectivity index (χ1) is 16.4. The number of amides is 1. The molecule has 1 amide bonds. The zero-order valence-corrected chi connectivity index (χ0v) is 20.2. The highest BCUT2D eigenvalue weighted by Crippen LogP contribution is 2.37. The van der Waals surface area contributed by atoms with E-state index in [1.807, 2.05) is 18.2 Å². The van der Waals surface area contributed by atoms with E-state index in [9.17, 15) is 14.4 Å². The lowest BCUT2D eigenvalue weighted by atomic mass is 10.1. The molecule has 0 fully saturated rings. The third-order valence-electron chi connectivity index (χ3n) is 4.84. The third-order valence-corrected chi connectivity index (χ3v) is 5.43. The minimum absolute atomic E-state index is 0.0533. The summed E-state index contributed by atoms with van der Waals surface area (Å²) in [7, 11) is 3.07.